The molecule has 0 atom stereocenters. The average Bonchev–Trinajstić information content (AvgIpc) is 2.92. The molecule has 114 valence electrons. The molecule has 0 bridgehead atoms. The first-order valence-corrected chi connectivity index (χ1v) is 7.13. The summed E-state index contributed by atoms with van der Waals surface area (Å²) in [7, 11) is 0. The maximum atomic E-state index is 11.8. The third-order valence-corrected chi connectivity index (χ3v) is 3.43. The third-order valence-electron chi connectivity index (χ3n) is 3.43. The lowest BCUT2D eigenvalue weighted by Gasteiger charge is -2.31. The third kappa shape index (κ3) is 4.35. The summed E-state index contributed by atoms with van der Waals surface area (Å²) in [4.78, 5) is 25.0. The second-order valence-electron chi connectivity index (χ2n) is 4.90. The van der Waals surface area contributed by atoms with Crippen molar-refractivity contribution in [1.29, 1.82) is 0 Å². The Balaban J connectivity index is 1.65. The van der Waals surface area contributed by atoms with Gasteiger partial charge in [0, 0.05) is 19.1 Å². The van der Waals surface area contributed by atoms with E-state index in [4.69, 9.17) is 14.2 Å². The number of rotatable bonds is 4. The number of nitrogens with zero attached hydrogens (tertiary/aromatic N) is 1. The number of piperidine rings is 1. The number of likely N-dealkylation sites (tertiary alicyclic amines) is 1. The van der Waals surface area contributed by atoms with E-state index in [2.05, 4.69) is 5.32 Å². The summed E-state index contributed by atoms with van der Waals surface area (Å²) in [6.45, 7) is 4.50. The Morgan fingerprint density at radius 3 is 2.50 bits per heavy atom. The SMILES string of the molecule is CCOC(=O)N1CCC(NC(=O)CC2OCCO2)CC1. The monoisotopic (exact) mass is 286 g/mol. The molecule has 2 aliphatic heterocycles. The predicted octanol–water partition coefficient (Wildman–Crippen LogP) is 0.486. The van der Waals surface area contributed by atoms with Gasteiger partial charge in [0.25, 0.3) is 0 Å². The van der Waals surface area contributed by atoms with Gasteiger partial charge in [0.05, 0.1) is 26.2 Å². The Kier molecular flexibility index (Phi) is 5.60. The molecule has 7 heteroatoms. The number of ether oxygens (including phenoxy) is 3. The van der Waals surface area contributed by atoms with Crippen LogP contribution in [0.15, 0.2) is 0 Å². The lowest BCUT2D eigenvalue weighted by atomic mass is 10.1. The highest BCUT2D eigenvalue weighted by Gasteiger charge is 2.26. The Bertz CT molecular complexity index is 336. The highest BCUT2D eigenvalue weighted by Crippen LogP contribution is 2.13. The zero-order valence-corrected chi connectivity index (χ0v) is 11.8. The van der Waals surface area contributed by atoms with E-state index in [1.807, 2.05) is 0 Å². The van der Waals surface area contributed by atoms with Gasteiger partial charge in [0.2, 0.25) is 5.91 Å². The molecule has 2 amide bonds. The van der Waals surface area contributed by atoms with Gasteiger partial charge < -0.3 is 24.4 Å². The van der Waals surface area contributed by atoms with E-state index >= 15 is 0 Å². The van der Waals surface area contributed by atoms with Crippen LogP contribution in [-0.4, -0.2) is 62.1 Å². The minimum Gasteiger partial charge on any atom is -0.450 e. The highest BCUT2D eigenvalue weighted by atomic mass is 16.7. The summed E-state index contributed by atoms with van der Waals surface area (Å²) in [6, 6.07) is 0.106. The first-order chi connectivity index (χ1) is 9.69. The summed E-state index contributed by atoms with van der Waals surface area (Å²) >= 11 is 0. The number of nitrogens with one attached hydrogen (secondary N) is 1. The zero-order chi connectivity index (χ0) is 14.4. The Morgan fingerprint density at radius 2 is 1.90 bits per heavy atom. The van der Waals surface area contributed by atoms with Gasteiger partial charge in [0.1, 0.15) is 0 Å². The van der Waals surface area contributed by atoms with Crippen molar-refractivity contribution in [3.63, 3.8) is 0 Å². The molecule has 2 saturated heterocycles. The molecule has 0 aliphatic carbocycles. The fourth-order valence-electron chi connectivity index (χ4n) is 2.38. The van der Waals surface area contributed by atoms with Crippen molar-refractivity contribution < 1.29 is 23.8 Å². The average molecular weight is 286 g/mol. The second-order valence-corrected chi connectivity index (χ2v) is 4.90. The van der Waals surface area contributed by atoms with Crippen molar-refractivity contribution in [2.45, 2.75) is 38.5 Å². The molecular weight excluding hydrogens is 264 g/mol. The van der Waals surface area contributed by atoms with Crippen molar-refractivity contribution in [1.82, 2.24) is 10.2 Å². The van der Waals surface area contributed by atoms with Crippen LogP contribution >= 0.6 is 0 Å². The molecule has 2 aliphatic rings. The summed E-state index contributed by atoms with van der Waals surface area (Å²) in [5.74, 6) is -0.0634. The Hall–Kier alpha value is -1.34. The van der Waals surface area contributed by atoms with Crippen LogP contribution in [0, 0.1) is 0 Å². The fraction of sp³-hybridized carbons (Fsp3) is 0.846. The van der Waals surface area contributed by atoms with Crippen molar-refractivity contribution in [3.05, 3.63) is 0 Å². The summed E-state index contributed by atoms with van der Waals surface area (Å²) in [6.07, 6.45) is 1.05. The van der Waals surface area contributed by atoms with E-state index < -0.39 is 6.29 Å². The van der Waals surface area contributed by atoms with Gasteiger partial charge in [-0.3, -0.25) is 4.79 Å². The molecule has 0 aromatic rings. The maximum absolute atomic E-state index is 11.8. The summed E-state index contributed by atoms with van der Waals surface area (Å²) in [5, 5.41) is 2.96. The summed E-state index contributed by atoms with van der Waals surface area (Å²) in [5.41, 5.74) is 0. The second kappa shape index (κ2) is 7.44. The number of hydrogen-bond donors (Lipinski definition) is 1. The molecule has 0 saturated carbocycles. The van der Waals surface area contributed by atoms with Crippen LogP contribution in [-0.2, 0) is 19.0 Å². The van der Waals surface area contributed by atoms with Crippen molar-refractivity contribution in [2.24, 2.45) is 0 Å². The first kappa shape index (κ1) is 15.1. The van der Waals surface area contributed by atoms with E-state index in [0.717, 1.165) is 12.8 Å². The number of carbonyl (C=O) groups excluding carboxylic acids is 2. The lowest BCUT2D eigenvalue weighted by Crippen LogP contribution is -2.47. The van der Waals surface area contributed by atoms with Crippen LogP contribution in [0.1, 0.15) is 26.2 Å². The Morgan fingerprint density at radius 1 is 1.25 bits per heavy atom. The van der Waals surface area contributed by atoms with Gasteiger partial charge >= 0.3 is 6.09 Å². The standard InChI is InChI=1S/C13H22N2O5/c1-2-18-13(17)15-5-3-10(4-6-15)14-11(16)9-12-19-7-8-20-12/h10,12H,2-9H2,1H3,(H,14,16). The van der Waals surface area contributed by atoms with Crippen LogP contribution in [0.2, 0.25) is 0 Å². The molecule has 0 spiro atoms. The van der Waals surface area contributed by atoms with Gasteiger partial charge in [-0.15, -0.1) is 0 Å². The van der Waals surface area contributed by atoms with Gasteiger partial charge in [-0.1, -0.05) is 0 Å². The van der Waals surface area contributed by atoms with E-state index in [1.165, 1.54) is 0 Å². The van der Waals surface area contributed by atoms with Gasteiger partial charge in [-0.2, -0.15) is 0 Å². The van der Waals surface area contributed by atoms with Gasteiger partial charge in [-0.05, 0) is 19.8 Å². The molecule has 0 radical (unpaired) electrons. The normalized spacial score (nSPS) is 20.9. The van der Waals surface area contributed by atoms with Crippen LogP contribution in [0.5, 0.6) is 0 Å². The molecule has 0 aromatic carbocycles. The topological polar surface area (TPSA) is 77.1 Å². The molecule has 2 rings (SSSR count). The van der Waals surface area contributed by atoms with Crippen molar-refractivity contribution in [3.8, 4) is 0 Å². The number of amides is 2. The molecular formula is C13H22N2O5. The van der Waals surface area contributed by atoms with E-state index in [-0.39, 0.29) is 24.5 Å². The fourth-order valence-corrected chi connectivity index (χ4v) is 2.38. The number of hydrogen-bond acceptors (Lipinski definition) is 5. The van der Waals surface area contributed by atoms with Gasteiger partial charge in [-0.25, -0.2) is 4.79 Å². The van der Waals surface area contributed by atoms with Crippen LogP contribution < -0.4 is 5.32 Å². The van der Waals surface area contributed by atoms with Crippen molar-refractivity contribution >= 4 is 12.0 Å². The molecule has 1 N–H and O–H groups in total. The van der Waals surface area contributed by atoms with Crippen LogP contribution in [0.4, 0.5) is 4.79 Å². The summed E-state index contributed by atoms with van der Waals surface area (Å²) < 4.78 is 15.4. The first-order valence-electron chi connectivity index (χ1n) is 7.13. The zero-order valence-electron chi connectivity index (χ0n) is 11.8. The minimum absolute atomic E-state index is 0.0634. The largest absolute Gasteiger partial charge is 0.450 e. The lowest BCUT2D eigenvalue weighted by molar-refractivity contribution is -0.130. The highest BCUT2D eigenvalue weighted by molar-refractivity contribution is 5.76. The minimum atomic E-state index is -0.408. The van der Waals surface area contributed by atoms with Crippen LogP contribution in [0.3, 0.4) is 0 Å². The molecule has 0 unspecified atom stereocenters. The van der Waals surface area contributed by atoms with Gasteiger partial charge in [0.15, 0.2) is 6.29 Å². The number of carbonyl (C=O) groups is 2. The molecule has 0 aromatic heterocycles. The predicted molar refractivity (Wildman–Crippen MR) is 70.1 cm³/mol. The van der Waals surface area contributed by atoms with E-state index in [9.17, 15) is 9.59 Å². The van der Waals surface area contributed by atoms with E-state index in [1.54, 1.807) is 11.8 Å². The Labute approximate surface area is 118 Å². The molecule has 2 fully saturated rings. The quantitative estimate of drug-likeness (QED) is 0.813. The van der Waals surface area contributed by atoms with E-state index in [0.29, 0.717) is 32.9 Å². The maximum Gasteiger partial charge on any atom is 0.409 e. The molecule has 20 heavy (non-hydrogen) atoms. The molecule has 2 heterocycles. The molecule has 7 nitrogen and oxygen atoms in total. The van der Waals surface area contributed by atoms with Crippen LogP contribution in [0.25, 0.3) is 0 Å². The van der Waals surface area contributed by atoms with Crippen molar-refractivity contribution in [2.75, 3.05) is 32.9 Å². The smallest absolute Gasteiger partial charge is 0.409 e.